The van der Waals surface area contributed by atoms with Crippen LogP contribution in [0.1, 0.15) is 91.2 Å². The van der Waals surface area contributed by atoms with Gasteiger partial charge in [-0.2, -0.15) is 10.5 Å². The molecule has 1 aromatic rings. The Kier molecular flexibility index (Phi) is 13.5. The fourth-order valence-electron chi connectivity index (χ4n) is 2.69. The van der Waals surface area contributed by atoms with E-state index in [1.807, 2.05) is 39.8 Å². The van der Waals surface area contributed by atoms with Crippen LogP contribution in [0.5, 0.6) is 0 Å². The van der Waals surface area contributed by atoms with Crippen LogP contribution in [0.25, 0.3) is 0 Å². The topological polar surface area (TPSA) is 67.8 Å². The Labute approximate surface area is 191 Å². The van der Waals surface area contributed by atoms with E-state index in [1.54, 1.807) is 0 Å². The van der Waals surface area contributed by atoms with Gasteiger partial charge in [0.05, 0.1) is 24.0 Å². The van der Waals surface area contributed by atoms with Gasteiger partial charge in [-0.1, -0.05) is 84.0 Å². The van der Waals surface area contributed by atoms with E-state index in [-0.39, 0.29) is 11.8 Å². The SMILES string of the molecule is CC(C)CO.CC(C)c1ccc(C(C)C#N)cc1.CCC1(C)C=CC(C(C)C#N)=CC1. The molecule has 0 fully saturated rings. The molecule has 3 nitrogen and oxygen atoms in total. The van der Waals surface area contributed by atoms with Crippen molar-refractivity contribution in [3.63, 3.8) is 0 Å². The molecule has 0 saturated carbocycles. The molecule has 31 heavy (non-hydrogen) atoms. The Morgan fingerprint density at radius 1 is 0.935 bits per heavy atom. The minimum atomic E-state index is 0.00112. The first-order valence-corrected chi connectivity index (χ1v) is 11.4. The van der Waals surface area contributed by atoms with E-state index in [0.717, 1.165) is 18.4 Å². The van der Waals surface area contributed by atoms with Crippen molar-refractivity contribution >= 4 is 0 Å². The van der Waals surface area contributed by atoms with E-state index in [0.29, 0.717) is 23.9 Å². The van der Waals surface area contributed by atoms with Gasteiger partial charge in [-0.05, 0) is 60.6 Å². The maximum absolute atomic E-state index is 8.75. The van der Waals surface area contributed by atoms with E-state index in [9.17, 15) is 0 Å². The van der Waals surface area contributed by atoms with Gasteiger partial charge in [0.25, 0.3) is 0 Å². The quantitative estimate of drug-likeness (QED) is 0.533. The van der Waals surface area contributed by atoms with Crippen LogP contribution in [0.2, 0.25) is 0 Å². The van der Waals surface area contributed by atoms with Crippen molar-refractivity contribution in [1.82, 2.24) is 0 Å². The number of nitriles is 2. The molecular weight excluding hydrogens is 380 g/mol. The van der Waals surface area contributed by atoms with Crippen molar-refractivity contribution in [2.75, 3.05) is 6.61 Å². The first-order chi connectivity index (χ1) is 14.5. The van der Waals surface area contributed by atoms with E-state index < -0.39 is 0 Å². The van der Waals surface area contributed by atoms with E-state index >= 15 is 0 Å². The average molecular weight is 423 g/mol. The molecule has 0 aromatic heterocycles. The molecular formula is C28H42N2O. The molecule has 0 radical (unpaired) electrons. The monoisotopic (exact) mass is 422 g/mol. The van der Waals surface area contributed by atoms with Crippen LogP contribution in [0.3, 0.4) is 0 Å². The molecule has 0 aliphatic heterocycles. The zero-order valence-corrected chi connectivity index (χ0v) is 20.8. The van der Waals surface area contributed by atoms with Gasteiger partial charge in [0.1, 0.15) is 0 Å². The number of rotatable bonds is 5. The molecule has 1 N–H and O–H groups in total. The average Bonchev–Trinajstić information content (AvgIpc) is 2.79. The molecule has 3 heteroatoms. The van der Waals surface area contributed by atoms with Gasteiger partial charge in [0, 0.05) is 6.61 Å². The lowest BCUT2D eigenvalue weighted by Gasteiger charge is -2.26. The molecule has 0 saturated heterocycles. The Morgan fingerprint density at radius 3 is 1.74 bits per heavy atom. The first kappa shape index (κ1) is 28.6. The van der Waals surface area contributed by atoms with Gasteiger partial charge >= 0.3 is 0 Å². The van der Waals surface area contributed by atoms with Crippen LogP contribution in [-0.4, -0.2) is 11.7 Å². The number of aliphatic hydroxyl groups excluding tert-OH is 1. The molecule has 1 aliphatic rings. The van der Waals surface area contributed by atoms with E-state index in [4.69, 9.17) is 15.6 Å². The van der Waals surface area contributed by atoms with Crippen LogP contribution in [0, 0.1) is 39.9 Å². The summed E-state index contributed by atoms with van der Waals surface area (Å²) in [7, 11) is 0. The molecule has 0 amide bonds. The highest BCUT2D eigenvalue weighted by Crippen LogP contribution is 2.33. The third kappa shape index (κ3) is 11.0. The van der Waals surface area contributed by atoms with Gasteiger partial charge in [0.2, 0.25) is 0 Å². The summed E-state index contributed by atoms with van der Waals surface area (Å²) in [5.74, 6) is 1.04. The minimum Gasteiger partial charge on any atom is -0.396 e. The molecule has 1 aromatic carbocycles. The van der Waals surface area contributed by atoms with Gasteiger partial charge in [-0.15, -0.1) is 0 Å². The van der Waals surface area contributed by atoms with Gasteiger partial charge < -0.3 is 5.11 Å². The van der Waals surface area contributed by atoms with Crippen LogP contribution < -0.4 is 0 Å². The summed E-state index contributed by atoms with van der Waals surface area (Å²) in [6.07, 6.45) is 8.80. The zero-order chi connectivity index (χ0) is 24.0. The third-order valence-electron chi connectivity index (χ3n) is 5.65. The summed E-state index contributed by atoms with van der Waals surface area (Å²) in [6.45, 7) is 16.9. The Balaban J connectivity index is 0.000000479. The van der Waals surface area contributed by atoms with Gasteiger partial charge in [-0.25, -0.2) is 0 Å². The standard InChI is InChI=1S/C12H15N.C12H17N.C4H10O/c1-9(2)11-4-6-12(7-5-11)10(3)8-13;1-4-12(3)7-5-11(6-8-12)10(2)9-13;1-4(2)3-5/h4-7,9-10H,1-3H3;5-7,10H,4,8H2,1-3H3;4-5H,3H2,1-2H3. The van der Waals surface area contributed by atoms with Crippen molar-refractivity contribution < 1.29 is 5.11 Å². The predicted molar refractivity (Wildman–Crippen MR) is 131 cm³/mol. The lowest BCUT2D eigenvalue weighted by Crippen LogP contribution is -2.14. The first-order valence-electron chi connectivity index (χ1n) is 11.4. The summed E-state index contributed by atoms with van der Waals surface area (Å²) >= 11 is 0. The molecule has 1 aliphatic carbocycles. The number of benzene rings is 1. The summed E-state index contributed by atoms with van der Waals surface area (Å²) < 4.78 is 0. The number of hydrogen-bond acceptors (Lipinski definition) is 3. The summed E-state index contributed by atoms with van der Waals surface area (Å²) in [5.41, 5.74) is 3.92. The molecule has 3 atom stereocenters. The Morgan fingerprint density at radius 2 is 1.42 bits per heavy atom. The number of nitrogens with zero attached hydrogens (tertiary/aromatic N) is 2. The van der Waals surface area contributed by atoms with Crippen LogP contribution in [0.15, 0.2) is 48.1 Å². The van der Waals surface area contributed by atoms with Gasteiger partial charge in [-0.3, -0.25) is 0 Å². The van der Waals surface area contributed by atoms with Crippen molar-refractivity contribution in [3.8, 4) is 12.1 Å². The number of hydrogen-bond donors (Lipinski definition) is 1. The normalized spacial score (nSPS) is 19.1. The predicted octanol–water partition coefficient (Wildman–Crippen LogP) is 7.52. The van der Waals surface area contributed by atoms with Crippen LogP contribution >= 0.6 is 0 Å². The highest BCUT2D eigenvalue weighted by Gasteiger charge is 2.21. The second kappa shape index (κ2) is 14.6. The Bertz CT molecular complexity index is 775. The smallest absolute Gasteiger partial charge is 0.0700 e. The minimum absolute atomic E-state index is 0.00112. The van der Waals surface area contributed by atoms with Crippen molar-refractivity contribution in [2.24, 2.45) is 17.3 Å². The largest absolute Gasteiger partial charge is 0.396 e. The number of allylic oxidation sites excluding steroid dienone is 4. The zero-order valence-electron chi connectivity index (χ0n) is 20.8. The molecule has 0 heterocycles. The Hall–Kier alpha value is -2.36. The molecule has 170 valence electrons. The molecule has 0 bridgehead atoms. The van der Waals surface area contributed by atoms with E-state index in [2.05, 4.69) is 70.2 Å². The fraction of sp³-hybridized carbons (Fsp3) is 0.571. The third-order valence-corrected chi connectivity index (χ3v) is 5.65. The van der Waals surface area contributed by atoms with Gasteiger partial charge in [0.15, 0.2) is 0 Å². The van der Waals surface area contributed by atoms with Crippen molar-refractivity contribution in [3.05, 3.63) is 59.2 Å². The fourth-order valence-corrected chi connectivity index (χ4v) is 2.69. The summed E-state index contributed by atoms with van der Waals surface area (Å²) in [6, 6.07) is 12.8. The lowest BCUT2D eigenvalue weighted by atomic mass is 9.78. The van der Waals surface area contributed by atoms with E-state index in [1.165, 1.54) is 11.1 Å². The molecule has 2 rings (SSSR count). The van der Waals surface area contributed by atoms with Crippen molar-refractivity contribution in [1.29, 1.82) is 10.5 Å². The maximum Gasteiger partial charge on any atom is 0.0700 e. The molecule has 3 unspecified atom stereocenters. The van der Waals surface area contributed by atoms with Crippen LogP contribution in [0.4, 0.5) is 0 Å². The van der Waals surface area contributed by atoms with Crippen molar-refractivity contribution in [2.45, 2.75) is 80.1 Å². The van der Waals surface area contributed by atoms with Crippen LogP contribution in [-0.2, 0) is 0 Å². The maximum atomic E-state index is 8.75. The second-order valence-corrected chi connectivity index (χ2v) is 9.35. The second-order valence-electron chi connectivity index (χ2n) is 9.35. The summed E-state index contributed by atoms with van der Waals surface area (Å²) in [5, 5.41) is 25.6. The number of aliphatic hydroxyl groups is 1. The lowest BCUT2D eigenvalue weighted by molar-refractivity contribution is 0.248. The highest BCUT2D eigenvalue weighted by molar-refractivity contribution is 5.31. The highest BCUT2D eigenvalue weighted by atomic mass is 16.3. The summed E-state index contributed by atoms with van der Waals surface area (Å²) in [4.78, 5) is 0. The molecule has 0 spiro atoms.